The lowest BCUT2D eigenvalue weighted by molar-refractivity contribution is -0.274. The number of carbonyl (C=O) groups is 2. The molecule has 0 N–H and O–H groups in total. The van der Waals surface area contributed by atoms with Crippen molar-refractivity contribution in [3.05, 3.63) is 53.6 Å². The van der Waals surface area contributed by atoms with E-state index in [1.165, 1.54) is 17.0 Å². The first-order valence-corrected chi connectivity index (χ1v) is 10.1. The van der Waals surface area contributed by atoms with Crippen LogP contribution in [0.3, 0.4) is 0 Å². The first kappa shape index (κ1) is 20.6. The molecule has 10 heteroatoms. The van der Waals surface area contributed by atoms with E-state index in [-0.39, 0.29) is 30.9 Å². The number of halogens is 3. The minimum absolute atomic E-state index is 0.151. The van der Waals surface area contributed by atoms with Gasteiger partial charge in [0.05, 0.1) is 18.4 Å². The summed E-state index contributed by atoms with van der Waals surface area (Å²) >= 11 is 0. The number of imide groups is 1. The Balaban J connectivity index is 1.20. The molecule has 2 amide bonds. The van der Waals surface area contributed by atoms with Crippen LogP contribution in [-0.4, -0.2) is 47.9 Å². The number of amides is 2. The van der Waals surface area contributed by atoms with Crippen LogP contribution in [-0.2, 0) is 22.7 Å². The molecule has 168 valence electrons. The van der Waals surface area contributed by atoms with Crippen molar-refractivity contribution in [1.82, 2.24) is 9.80 Å². The Kier molecular flexibility index (Phi) is 4.96. The molecule has 0 unspecified atom stereocenters. The van der Waals surface area contributed by atoms with Gasteiger partial charge in [0, 0.05) is 19.6 Å². The Morgan fingerprint density at radius 3 is 2.16 bits per heavy atom. The molecule has 5 rings (SSSR count). The van der Waals surface area contributed by atoms with Crippen LogP contribution in [0, 0.1) is 11.8 Å². The first-order chi connectivity index (χ1) is 15.3. The summed E-state index contributed by atoms with van der Waals surface area (Å²) < 4.78 is 51.4. The number of ether oxygens (including phenoxy) is 3. The molecule has 2 aromatic rings. The van der Waals surface area contributed by atoms with Crippen molar-refractivity contribution in [2.45, 2.75) is 19.5 Å². The molecule has 3 heterocycles. The van der Waals surface area contributed by atoms with E-state index in [9.17, 15) is 22.8 Å². The van der Waals surface area contributed by atoms with Crippen molar-refractivity contribution in [1.29, 1.82) is 0 Å². The van der Waals surface area contributed by atoms with E-state index < -0.39 is 18.2 Å². The Morgan fingerprint density at radius 1 is 0.875 bits per heavy atom. The van der Waals surface area contributed by atoms with Gasteiger partial charge >= 0.3 is 6.36 Å². The number of carbonyl (C=O) groups excluding carboxylic acids is 2. The highest BCUT2D eigenvalue weighted by Crippen LogP contribution is 2.37. The van der Waals surface area contributed by atoms with E-state index in [0.717, 1.165) is 11.1 Å². The third kappa shape index (κ3) is 3.97. The highest BCUT2D eigenvalue weighted by molar-refractivity contribution is 6.05. The van der Waals surface area contributed by atoms with Crippen molar-refractivity contribution in [3.8, 4) is 17.2 Å². The third-order valence-corrected chi connectivity index (χ3v) is 5.90. The summed E-state index contributed by atoms with van der Waals surface area (Å²) in [7, 11) is 0. The number of rotatable bonds is 5. The van der Waals surface area contributed by atoms with E-state index in [2.05, 4.69) is 4.74 Å². The predicted molar refractivity (Wildman–Crippen MR) is 104 cm³/mol. The molecule has 0 bridgehead atoms. The molecule has 0 spiro atoms. The standard InChI is InChI=1S/C22H19F3N2O5/c23-22(24,25)32-15-4-1-13(2-5-15)8-26-10-16-17(11-26)21(29)27(20(16)28)9-14-3-6-18-19(7-14)31-12-30-18/h1-7,16-17H,8-12H2/t16-,17+. The van der Waals surface area contributed by atoms with Crippen molar-refractivity contribution in [2.75, 3.05) is 19.9 Å². The van der Waals surface area contributed by atoms with Gasteiger partial charge in [0.15, 0.2) is 11.5 Å². The number of hydrogen-bond acceptors (Lipinski definition) is 6. The summed E-state index contributed by atoms with van der Waals surface area (Å²) in [6.45, 7) is 1.61. The lowest BCUT2D eigenvalue weighted by atomic mass is 10.00. The zero-order chi connectivity index (χ0) is 22.5. The lowest BCUT2D eigenvalue weighted by Gasteiger charge is -2.21. The summed E-state index contributed by atoms with van der Waals surface area (Å²) in [5, 5.41) is 0. The minimum Gasteiger partial charge on any atom is -0.454 e. The molecule has 2 saturated heterocycles. The molecule has 3 aliphatic rings. The van der Waals surface area contributed by atoms with Gasteiger partial charge in [-0.05, 0) is 35.4 Å². The van der Waals surface area contributed by atoms with E-state index in [0.29, 0.717) is 31.1 Å². The number of fused-ring (bicyclic) bond motifs is 2. The normalized spacial score (nSPS) is 22.5. The van der Waals surface area contributed by atoms with E-state index in [1.54, 1.807) is 30.3 Å². The van der Waals surface area contributed by atoms with Gasteiger partial charge in [-0.3, -0.25) is 19.4 Å². The third-order valence-electron chi connectivity index (χ3n) is 5.90. The van der Waals surface area contributed by atoms with Crippen molar-refractivity contribution >= 4 is 11.8 Å². The molecule has 0 aliphatic carbocycles. The second kappa shape index (κ2) is 7.70. The highest BCUT2D eigenvalue weighted by atomic mass is 19.4. The summed E-state index contributed by atoms with van der Waals surface area (Å²) in [5.74, 6) is -0.279. The Morgan fingerprint density at radius 2 is 1.50 bits per heavy atom. The van der Waals surface area contributed by atoms with Crippen LogP contribution in [0.4, 0.5) is 13.2 Å². The van der Waals surface area contributed by atoms with Crippen LogP contribution in [0.15, 0.2) is 42.5 Å². The van der Waals surface area contributed by atoms with Gasteiger partial charge in [0.2, 0.25) is 18.6 Å². The van der Waals surface area contributed by atoms with Crippen LogP contribution in [0.1, 0.15) is 11.1 Å². The molecule has 2 aromatic carbocycles. The quantitative estimate of drug-likeness (QED) is 0.656. The molecule has 3 aliphatic heterocycles. The van der Waals surface area contributed by atoms with Gasteiger partial charge in [-0.2, -0.15) is 0 Å². The van der Waals surface area contributed by atoms with Gasteiger partial charge in [-0.15, -0.1) is 13.2 Å². The fraction of sp³-hybridized carbons (Fsp3) is 0.364. The average Bonchev–Trinajstić information content (AvgIpc) is 3.42. The zero-order valence-corrected chi connectivity index (χ0v) is 16.8. The van der Waals surface area contributed by atoms with Gasteiger partial charge in [-0.25, -0.2) is 0 Å². The number of likely N-dealkylation sites (tertiary alicyclic amines) is 2. The zero-order valence-electron chi connectivity index (χ0n) is 16.8. The highest BCUT2D eigenvalue weighted by Gasteiger charge is 2.52. The van der Waals surface area contributed by atoms with Crippen LogP contribution in [0.5, 0.6) is 17.2 Å². The maximum Gasteiger partial charge on any atom is 0.573 e. The maximum absolute atomic E-state index is 12.9. The molecule has 32 heavy (non-hydrogen) atoms. The molecule has 2 atom stereocenters. The number of hydrogen-bond donors (Lipinski definition) is 0. The minimum atomic E-state index is -4.74. The molecule has 0 saturated carbocycles. The van der Waals surface area contributed by atoms with Gasteiger partial charge in [0.1, 0.15) is 5.75 Å². The fourth-order valence-corrected chi connectivity index (χ4v) is 4.46. The monoisotopic (exact) mass is 448 g/mol. The number of nitrogens with zero attached hydrogens (tertiary/aromatic N) is 2. The van der Waals surface area contributed by atoms with Crippen LogP contribution in [0.2, 0.25) is 0 Å². The van der Waals surface area contributed by atoms with Crippen LogP contribution < -0.4 is 14.2 Å². The Labute approximate surface area is 181 Å². The maximum atomic E-state index is 12.9. The molecule has 0 aromatic heterocycles. The summed E-state index contributed by atoms with van der Waals surface area (Å²) in [4.78, 5) is 29.1. The van der Waals surface area contributed by atoms with Gasteiger partial charge in [0.25, 0.3) is 0 Å². The largest absolute Gasteiger partial charge is 0.573 e. The smallest absolute Gasteiger partial charge is 0.454 e. The molecular weight excluding hydrogens is 429 g/mol. The average molecular weight is 448 g/mol. The number of alkyl halides is 3. The molecule has 7 nitrogen and oxygen atoms in total. The van der Waals surface area contributed by atoms with E-state index >= 15 is 0 Å². The molecular formula is C22H19F3N2O5. The topological polar surface area (TPSA) is 68.3 Å². The number of benzene rings is 2. The van der Waals surface area contributed by atoms with E-state index in [1.807, 2.05) is 4.90 Å². The predicted octanol–water partition coefficient (Wildman–Crippen LogP) is 2.93. The van der Waals surface area contributed by atoms with Crippen molar-refractivity contribution < 1.29 is 37.0 Å². The van der Waals surface area contributed by atoms with Gasteiger partial charge in [-0.1, -0.05) is 18.2 Å². The SMILES string of the molecule is O=C1[C@H]2CN(Cc3ccc(OC(F)(F)F)cc3)C[C@H]2C(=O)N1Cc1ccc2c(c1)OCO2. The lowest BCUT2D eigenvalue weighted by Crippen LogP contribution is -2.35. The first-order valence-electron chi connectivity index (χ1n) is 10.1. The van der Waals surface area contributed by atoms with Crippen LogP contribution in [0.25, 0.3) is 0 Å². The van der Waals surface area contributed by atoms with Crippen LogP contribution >= 0.6 is 0 Å². The second-order valence-electron chi connectivity index (χ2n) is 8.05. The Bertz CT molecular complexity index is 1030. The Hall–Kier alpha value is -3.27. The van der Waals surface area contributed by atoms with E-state index in [4.69, 9.17) is 9.47 Å². The molecule has 0 radical (unpaired) electrons. The summed E-state index contributed by atoms with van der Waals surface area (Å²) in [6.07, 6.45) is -4.74. The summed E-state index contributed by atoms with van der Waals surface area (Å²) in [5.41, 5.74) is 1.56. The summed E-state index contributed by atoms with van der Waals surface area (Å²) in [6, 6.07) is 10.9. The molecule has 2 fully saturated rings. The fourth-order valence-electron chi connectivity index (χ4n) is 4.46. The second-order valence-corrected chi connectivity index (χ2v) is 8.05. The van der Waals surface area contributed by atoms with Crippen molar-refractivity contribution in [2.24, 2.45) is 11.8 Å². The van der Waals surface area contributed by atoms with Crippen molar-refractivity contribution in [3.63, 3.8) is 0 Å². The van der Waals surface area contributed by atoms with Gasteiger partial charge < -0.3 is 14.2 Å².